The van der Waals surface area contributed by atoms with Gasteiger partial charge in [0, 0.05) is 18.7 Å². The Hall–Kier alpha value is -3.63. The molecule has 2 aliphatic rings. The summed E-state index contributed by atoms with van der Waals surface area (Å²) in [7, 11) is 0. The van der Waals surface area contributed by atoms with E-state index >= 15 is 0 Å². The second-order valence-corrected chi connectivity index (χ2v) is 9.34. The van der Waals surface area contributed by atoms with Crippen molar-refractivity contribution in [2.24, 2.45) is 4.99 Å². The lowest BCUT2D eigenvalue weighted by Crippen LogP contribution is -2.43. The number of nitrogens with one attached hydrogen (secondary N) is 1. The highest BCUT2D eigenvalue weighted by Gasteiger charge is 2.25. The number of nitrogens with zero attached hydrogens (tertiary/aromatic N) is 2. The van der Waals surface area contributed by atoms with Crippen molar-refractivity contribution in [3.05, 3.63) is 64.6 Å². The molecule has 188 valence electrons. The monoisotopic (exact) mass is 509 g/mol. The first-order valence-corrected chi connectivity index (χ1v) is 12.4. The lowest BCUT2D eigenvalue weighted by atomic mass is 10.2. The summed E-state index contributed by atoms with van der Waals surface area (Å²) >= 11 is 1.18. The molecule has 0 bridgehead atoms. The van der Waals surface area contributed by atoms with Crippen molar-refractivity contribution in [1.82, 2.24) is 10.2 Å². The molecule has 2 aliphatic heterocycles. The van der Waals surface area contributed by atoms with Gasteiger partial charge >= 0.3 is 5.97 Å². The summed E-state index contributed by atoms with van der Waals surface area (Å²) < 4.78 is 16.3. The Morgan fingerprint density at radius 2 is 1.94 bits per heavy atom. The minimum atomic E-state index is -0.431. The summed E-state index contributed by atoms with van der Waals surface area (Å²) in [5.41, 5.74) is 1.57. The van der Waals surface area contributed by atoms with Crippen LogP contribution in [0.4, 0.5) is 5.69 Å². The average Bonchev–Trinajstić information content (AvgIpc) is 3.21. The van der Waals surface area contributed by atoms with Crippen LogP contribution in [0.5, 0.6) is 5.75 Å². The summed E-state index contributed by atoms with van der Waals surface area (Å²) in [5.74, 6) is -0.336. The second kappa shape index (κ2) is 11.9. The number of aliphatic imine (C=N–C) groups is 1. The Bertz CT molecular complexity index is 1200. The van der Waals surface area contributed by atoms with E-state index in [2.05, 4.69) is 10.3 Å². The lowest BCUT2D eigenvalue weighted by molar-refractivity contribution is -0.137. The zero-order chi connectivity index (χ0) is 25.5. The molecule has 0 aromatic heterocycles. The Morgan fingerprint density at radius 1 is 1.17 bits per heavy atom. The largest absolute Gasteiger partial charge is 0.483 e. The molecular weight excluding hydrogens is 482 g/mol. The van der Waals surface area contributed by atoms with Gasteiger partial charge in [-0.25, -0.2) is 9.79 Å². The number of para-hydroxylation sites is 1. The molecule has 0 aliphatic carbocycles. The number of amides is 2. The minimum absolute atomic E-state index is 0.0954. The number of carbonyl (C=O) groups is 3. The van der Waals surface area contributed by atoms with Crippen molar-refractivity contribution >= 4 is 46.5 Å². The van der Waals surface area contributed by atoms with Gasteiger partial charge in [-0.2, -0.15) is 0 Å². The molecule has 0 atom stereocenters. The van der Waals surface area contributed by atoms with E-state index in [0.717, 1.165) is 0 Å². The molecule has 4 rings (SSSR count). The molecule has 2 heterocycles. The standard InChI is InChI=1S/C26H27N3O6S/c1-17(2)35-25(32)19-7-5-8-20(14-19)27-26-28-24(31)22(36-26)15-18-6-3-4-9-21(18)34-16-23(30)29-10-12-33-13-11-29/h3-9,14-15,17H,10-13,16H2,1-2H3,(H,27,28,31)/b22-15-. The van der Waals surface area contributed by atoms with Crippen molar-refractivity contribution in [2.75, 3.05) is 32.9 Å². The van der Waals surface area contributed by atoms with Crippen molar-refractivity contribution < 1.29 is 28.6 Å². The lowest BCUT2D eigenvalue weighted by Gasteiger charge is -2.26. The molecule has 2 saturated heterocycles. The van der Waals surface area contributed by atoms with Crippen LogP contribution in [0.1, 0.15) is 29.8 Å². The van der Waals surface area contributed by atoms with Gasteiger partial charge in [0.25, 0.3) is 11.8 Å². The molecule has 0 unspecified atom stereocenters. The van der Waals surface area contributed by atoms with Gasteiger partial charge in [0.2, 0.25) is 0 Å². The van der Waals surface area contributed by atoms with Crippen LogP contribution in [0.15, 0.2) is 58.4 Å². The van der Waals surface area contributed by atoms with Crippen LogP contribution < -0.4 is 10.1 Å². The highest BCUT2D eigenvalue weighted by molar-refractivity contribution is 8.18. The Balaban J connectivity index is 1.45. The fourth-order valence-corrected chi connectivity index (χ4v) is 4.33. The van der Waals surface area contributed by atoms with E-state index in [0.29, 0.717) is 58.9 Å². The van der Waals surface area contributed by atoms with E-state index in [1.807, 2.05) is 18.2 Å². The van der Waals surface area contributed by atoms with Crippen molar-refractivity contribution in [3.63, 3.8) is 0 Å². The maximum absolute atomic E-state index is 12.6. The van der Waals surface area contributed by atoms with Gasteiger partial charge in [0.1, 0.15) is 5.75 Å². The third kappa shape index (κ3) is 6.73. The first kappa shape index (κ1) is 25.5. The fraction of sp³-hybridized carbons (Fsp3) is 0.308. The smallest absolute Gasteiger partial charge is 0.338 e. The van der Waals surface area contributed by atoms with E-state index in [9.17, 15) is 14.4 Å². The molecule has 36 heavy (non-hydrogen) atoms. The van der Waals surface area contributed by atoms with Crippen LogP contribution in [0.2, 0.25) is 0 Å². The van der Waals surface area contributed by atoms with Gasteiger partial charge in [-0.1, -0.05) is 24.3 Å². The molecule has 2 aromatic rings. The predicted molar refractivity (Wildman–Crippen MR) is 137 cm³/mol. The zero-order valence-corrected chi connectivity index (χ0v) is 20.9. The molecule has 0 spiro atoms. The van der Waals surface area contributed by atoms with E-state index in [1.165, 1.54) is 11.8 Å². The minimum Gasteiger partial charge on any atom is -0.483 e. The zero-order valence-electron chi connectivity index (χ0n) is 20.1. The van der Waals surface area contributed by atoms with E-state index < -0.39 is 5.97 Å². The van der Waals surface area contributed by atoms with Gasteiger partial charge < -0.3 is 24.4 Å². The van der Waals surface area contributed by atoms with Crippen molar-refractivity contribution in [2.45, 2.75) is 20.0 Å². The molecule has 9 nitrogen and oxygen atoms in total. The predicted octanol–water partition coefficient (Wildman–Crippen LogP) is 3.38. The Morgan fingerprint density at radius 3 is 2.72 bits per heavy atom. The first-order chi connectivity index (χ1) is 17.4. The maximum Gasteiger partial charge on any atom is 0.338 e. The molecule has 2 fully saturated rings. The van der Waals surface area contributed by atoms with E-state index in [1.54, 1.807) is 55.2 Å². The molecule has 2 aromatic carbocycles. The second-order valence-electron chi connectivity index (χ2n) is 8.31. The fourth-order valence-electron chi connectivity index (χ4n) is 3.50. The number of thioether (sulfide) groups is 1. The van der Waals surface area contributed by atoms with Crippen LogP contribution >= 0.6 is 11.8 Å². The third-order valence-corrected chi connectivity index (χ3v) is 6.14. The normalized spacial score (nSPS) is 18.0. The number of amidine groups is 1. The Kier molecular flexibility index (Phi) is 8.40. The number of hydrogen-bond donors (Lipinski definition) is 1. The van der Waals surface area contributed by atoms with Crippen molar-refractivity contribution in [1.29, 1.82) is 0 Å². The van der Waals surface area contributed by atoms with Crippen LogP contribution in [0, 0.1) is 0 Å². The Labute approximate surface area is 213 Å². The number of esters is 1. The van der Waals surface area contributed by atoms with Gasteiger partial charge in [-0.3, -0.25) is 9.59 Å². The summed E-state index contributed by atoms with van der Waals surface area (Å²) in [5, 5.41) is 3.13. The highest BCUT2D eigenvalue weighted by atomic mass is 32.2. The van der Waals surface area contributed by atoms with E-state index in [4.69, 9.17) is 14.2 Å². The molecule has 10 heteroatoms. The quantitative estimate of drug-likeness (QED) is 0.450. The topological polar surface area (TPSA) is 107 Å². The molecule has 1 N–H and O–H groups in total. The molecule has 0 saturated carbocycles. The van der Waals surface area contributed by atoms with Gasteiger partial charge in [-0.15, -0.1) is 0 Å². The molecule has 0 radical (unpaired) electrons. The van der Waals surface area contributed by atoms with Gasteiger partial charge in [0.15, 0.2) is 11.8 Å². The number of rotatable bonds is 7. The summed E-state index contributed by atoms with van der Waals surface area (Å²) in [4.78, 5) is 43.8. The van der Waals surface area contributed by atoms with Crippen LogP contribution in [-0.4, -0.2) is 66.9 Å². The summed E-state index contributed by atoms with van der Waals surface area (Å²) in [6.45, 7) is 5.62. The number of benzene rings is 2. The van der Waals surface area contributed by atoms with Crippen molar-refractivity contribution in [3.8, 4) is 5.75 Å². The number of morpholine rings is 1. The summed E-state index contributed by atoms with van der Waals surface area (Å²) in [6.07, 6.45) is 1.47. The number of carbonyl (C=O) groups excluding carboxylic acids is 3. The van der Waals surface area contributed by atoms with Gasteiger partial charge in [0.05, 0.1) is 35.5 Å². The SMILES string of the molecule is CC(C)OC(=O)c1cccc(N=C2NC(=O)/C(=C/c3ccccc3OCC(=O)N3CCOCC3)S2)c1. The highest BCUT2D eigenvalue weighted by Crippen LogP contribution is 2.31. The number of hydrogen-bond acceptors (Lipinski definition) is 8. The van der Waals surface area contributed by atoms with Crippen LogP contribution in [-0.2, 0) is 19.1 Å². The third-order valence-electron chi connectivity index (χ3n) is 5.23. The summed E-state index contributed by atoms with van der Waals surface area (Å²) in [6, 6.07) is 13.9. The number of ether oxygens (including phenoxy) is 3. The van der Waals surface area contributed by atoms with Crippen LogP contribution in [0.25, 0.3) is 6.08 Å². The van der Waals surface area contributed by atoms with Crippen LogP contribution in [0.3, 0.4) is 0 Å². The molecular formula is C26H27N3O6S. The van der Waals surface area contributed by atoms with Gasteiger partial charge in [-0.05, 0) is 56.0 Å². The average molecular weight is 510 g/mol. The molecule has 2 amide bonds. The maximum atomic E-state index is 12.6. The van der Waals surface area contributed by atoms with E-state index in [-0.39, 0.29) is 24.5 Å². The first-order valence-electron chi connectivity index (χ1n) is 11.6.